The minimum absolute atomic E-state index is 0.315. The molecule has 0 spiro atoms. The Hall–Kier alpha value is -0.940. The second-order valence-corrected chi connectivity index (χ2v) is 7.17. The molecule has 0 aromatic carbocycles. The number of aromatic nitrogens is 2. The SMILES string of the molecule is CNC(C)Cc1noc(COC2CC(C)CCC2C(C)C)n1. The summed E-state index contributed by atoms with van der Waals surface area (Å²) in [5.41, 5.74) is 0. The smallest absolute Gasteiger partial charge is 0.252 e. The van der Waals surface area contributed by atoms with E-state index in [4.69, 9.17) is 9.26 Å². The Morgan fingerprint density at radius 2 is 2.09 bits per heavy atom. The van der Waals surface area contributed by atoms with Gasteiger partial charge in [-0.3, -0.25) is 0 Å². The minimum Gasteiger partial charge on any atom is -0.368 e. The van der Waals surface area contributed by atoms with Crippen molar-refractivity contribution in [1.82, 2.24) is 15.5 Å². The molecular weight excluding hydrogens is 278 g/mol. The van der Waals surface area contributed by atoms with Gasteiger partial charge in [-0.2, -0.15) is 4.98 Å². The van der Waals surface area contributed by atoms with E-state index in [0.29, 0.717) is 36.5 Å². The van der Waals surface area contributed by atoms with Gasteiger partial charge in [0, 0.05) is 12.5 Å². The van der Waals surface area contributed by atoms with Gasteiger partial charge in [0.2, 0.25) is 0 Å². The van der Waals surface area contributed by atoms with Crippen LogP contribution in [0.3, 0.4) is 0 Å². The lowest BCUT2D eigenvalue weighted by Gasteiger charge is -2.36. The average molecular weight is 309 g/mol. The highest BCUT2D eigenvalue weighted by molar-refractivity contribution is 4.89. The van der Waals surface area contributed by atoms with Gasteiger partial charge < -0.3 is 14.6 Å². The Labute approximate surface area is 134 Å². The molecule has 126 valence electrons. The highest BCUT2D eigenvalue weighted by Crippen LogP contribution is 2.35. The third-order valence-electron chi connectivity index (χ3n) is 4.87. The summed E-state index contributed by atoms with van der Waals surface area (Å²) in [6.45, 7) is 9.43. The van der Waals surface area contributed by atoms with Gasteiger partial charge in [-0.15, -0.1) is 0 Å². The molecule has 0 aliphatic heterocycles. The third-order valence-corrected chi connectivity index (χ3v) is 4.87. The first-order chi connectivity index (χ1) is 10.5. The molecular formula is C17H31N3O2. The van der Waals surface area contributed by atoms with E-state index in [-0.39, 0.29) is 0 Å². The summed E-state index contributed by atoms with van der Waals surface area (Å²) in [5, 5.41) is 7.21. The van der Waals surface area contributed by atoms with Crippen LogP contribution in [0.25, 0.3) is 0 Å². The van der Waals surface area contributed by atoms with Gasteiger partial charge in [-0.1, -0.05) is 32.3 Å². The quantitative estimate of drug-likeness (QED) is 0.838. The van der Waals surface area contributed by atoms with E-state index in [2.05, 4.69) is 43.2 Å². The topological polar surface area (TPSA) is 60.2 Å². The fourth-order valence-electron chi connectivity index (χ4n) is 3.29. The summed E-state index contributed by atoms with van der Waals surface area (Å²) in [5.74, 6) is 3.39. The Kier molecular flexibility index (Phi) is 6.38. The molecule has 0 bridgehead atoms. The molecule has 1 N–H and O–H groups in total. The normalized spacial score (nSPS) is 27.3. The maximum absolute atomic E-state index is 6.15. The van der Waals surface area contributed by atoms with Crippen molar-refractivity contribution >= 4 is 0 Å². The van der Waals surface area contributed by atoms with Crippen LogP contribution in [-0.2, 0) is 17.8 Å². The van der Waals surface area contributed by atoms with Crippen LogP contribution >= 0.6 is 0 Å². The van der Waals surface area contributed by atoms with Crippen molar-refractivity contribution in [2.45, 2.75) is 72.1 Å². The summed E-state index contributed by atoms with van der Waals surface area (Å²) in [6.07, 6.45) is 4.80. The number of nitrogens with zero attached hydrogens (tertiary/aromatic N) is 2. The molecule has 1 fully saturated rings. The zero-order chi connectivity index (χ0) is 16.1. The van der Waals surface area contributed by atoms with Crippen LogP contribution in [0.5, 0.6) is 0 Å². The highest BCUT2D eigenvalue weighted by Gasteiger charge is 2.31. The van der Waals surface area contributed by atoms with Crippen molar-refractivity contribution in [2.75, 3.05) is 7.05 Å². The molecule has 1 aliphatic rings. The summed E-state index contributed by atoms with van der Waals surface area (Å²) in [4.78, 5) is 4.43. The molecule has 5 heteroatoms. The van der Waals surface area contributed by atoms with Crippen LogP contribution in [0.1, 0.15) is 58.7 Å². The van der Waals surface area contributed by atoms with E-state index in [0.717, 1.165) is 24.6 Å². The van der Waals surface area contributed by atoms with Crippen LogP contribution < -0.4 is 5.32 Å². The molecule has 5 nitrogen and oxygen atoms in total. The van der Waals surface area contributed by atoms with Gasteiger partial charge in [-0.25, -0.2) is 0 Å². The predicted molar refractivity (Wildman–Crippen MR) is 86.4 cm³/mol. The lowest BCUT2D eigenvalue weighted by atomic mass is 9.75. The fourth-order valence-corrected chi connectivity index (χ4v) is 3.29. The number of hydrogen-bond donors (Lipinski definition) is 1. The lowest BCUT2D eigenvalue weighted by Crippen LogP contribution is -2.34. The molecule has 4 atom stereocenters. The van der Waals surface area contributed by atoms with Crippen molar-refractivity contribution < 1.29 is 9.26 Å². The number of hydrogen-bond acceptors (Lipinski definition) is 5. The van der Waals surface area contributed by atoms with Gasteiger partial charge >= 0.3 is 0 Å². The maximum Gasteiger partial charge on any atom is 0.252 e. The van der Waals surface area contributed by atoms with Gasteiger partial charge in [0.1, 0.15) is 6.61 Å². The second kappa shape index (κ2) is 8.06. The Morgan fingerprint density at radius 1 is 1.32 bits per heavy atom. The summed E-state index contributed by atoms with van der Waals surface area (Å²) in [6, 6.07) is 0.343. The molecule has 1 aromatic heterocycles. The Balaban J connectivity index is 1.88. The second-order valence-electron chi connectivity index (χ2n) is 7.17. The van der Waals surface area contributed by atoms with E-state index in [1.54, 1.807) is 0 Å². The maximum atomic E-state index is 6.15. The number of rotatable bonds is 7. The van der Waals surface area contributed by atoms with Crippen molar-refractivity contribution in [3.63, 3.8) is 0 Å². The molecule has 1 aromatic rings. The first kappa shape index (κ1) is 17.4. The van der Waals surface area contributed by atoms with Crippen molar-refractivity contribution in [2.24, 2.45) is 17.8 Å². The molecule has 22 heavy (non-hydrogen) atoms. The van der Waals surface area contributed by atoms with Crippen LogP contribution in [0, 0.1) is 17.8 Å². The summed E-state index contributed by atoms with van der Waals surface area (Å²) in [7, 11) is 1.94. The molecule has 1 saturated carbocycles. The third kappa shape index (κ3) is 4.78. The van der Waals surface area contributed by atoms with E-state index in [9.17, 15) is 0 Å². The van der Waals surface area contributed by atoms with Gasteiger partial charge in [0.05, 0.1) is 6.10 Å². The van der Waals surface area contributed by atoms with Crippen LogP contribution in [0.15, 0.2) is 4.52 Å². The highest BCUT2D eigenvalue weighted by atomic mass is 16.5. The van der Waals surface area contributed by atoms with E-state index in [1.165, 1.54) is 12.8 Å². The zero-order valence-electron chi connectivity index (χ0n) is 14.6. The molecule has 1 aliphatic carbocycles. The Bertz CT molecular complexity index is 447. The van der Waals surface area contributed by atoms with E-state index in [1.807, 2.05) is 7.05 Å². The molecule has 4 unspecified atom stereocenters. The summed E-state index contributed by atoms with van der Waals surface area (Å²) < 4.78 is 11.5. The molecule has 0 amide bonds. The predicted octanol–water partition coefficient (Wildman–Crippen LogP) is 3.20. The van der Waals surface area contributed by atoms with Gasteiger partial charge in [-0.05, 0) is 44.6 Å². The summed E-state index contributed by atoms with van der Waals surface area (Å²) >= 11 is 0. The number of likely N-dealkylation sites (N-methyl/N-ethyl adjacent to an activating group) is 1. The first-order valence-electron chi connectivity index (χ1n) is 8.59. The number of ether oxygens (including phenoxy) is 1. The van der Waals surface area contributed by atoms with Gasteiger partial charge in [0.15, 0.2) is 5.82 Å². The average Bonchev–Trinajstić information content (AvgIpc) is 2.92. The molecule has 1 heterocycles. The molecule has 0 radical (unpaired) electrons. The van der Waals surface area contributed by atoms with Crippen molar-refractivity contribution in [1.29, 1.82) is 0 Å². The zero-order valence-corrected chi connectivity index (χ0v) is 14.6. The van der Waals surface area contributed by atoms with E-state index >= 15 is 0 Å². The first-order valence-corrected chi connectivity index (χ1v) is 8.59. The fraction of sp³-hybridized carbons (Fsp3) is 0.882. The van der Waals surface area contributed by atoms with Crippen LogP contribution in [-0.4, -0.2) is 29.3 Å². The van der Waals surface area contributed by atoms with Crippen LogP contribution in [0.2, 0.25) is 0 Å². The standard InChI is InChI=1S/C17H31N3O2/c1-11(2)14-7-6-12(3)8-15(14)21-10-17-19-16(20-22-17)9-13(4)18-5/h11-15,18H,6-10H2,1-5H3. The largest absolute Gasteiger partial charge is 0.368 e. The van der Waals surface area contributed by atoms with Crippen molar-refractivity contribution in [3.8, 4) is 0 Å². The minimum atomic E-state index is 0.315. The van der Waals surface area contributed by atoms with Crippen molar-refractivity contribution in [3.05, 3.63) is 11.7 Å². The van der Waals surface area contributed by atoms with E-state index < -0.39 is 0 Å². The van der Waals surface area contributed by atoms with Crippen LogP contribution in [0.4, 0.5) is 0 Å². The Morgan fingerprint density at radius 3 is 2.77 bits per heavy atom. The molecule has 2 rings (SSSR count). The van der Waals surface area contributed by atoms with Gasteiger partial charge in [0.25, 0.3) is 5.89 Å². The molecule has 0 saturated heterocycles. The lowest BCUT2D eigenvalue weighted by molar-refractivity contribution is -0.0547. The monoisotopic (exact) mass is 309 g/mol. The number of nitrogens with one attached hydrogen (secondary N) is 1.